The summed E-state index contributed by atoms with van der Waals surface area (Å²) in [6.07, 6.45) is -4.47. The van der Waals surface area contributed by atoms with Gasteiger partial charge in [0.25, 0.3) is 0 Å². The minimum Gasteiger partial charge on any atom is -0.293 e. The number of alkyl halides is 3. The van der Waals surface area contributed by atoms with Crippen LogP contribution < -0.4 is 0 Å². The second-order valence-electron chi connectivity index (χ2n) is 3.00. The highest BCUT2D eigenvalue weighted by Gasteiger charge is 2.32. The molecule has 0 amide bonds. The number of carbonyl (C=O) groups is 1. The number of carbonyl (C=O) groups excluding carboxylic acids is 1. The van der Waals surface area contributed by atoms with Crippen molar-refractivity contribution in [3.05, 3.63) is 11.2 Å². The van der Waals surface area contributed by atoms with Gasteiger partial charge in [-0.05, 0) is 6.92 Å². The van der Waals surface area contributed by atoms with Gasteiger partial charge in [0.1, 0.15) is 13.6 Å². The van der Waals surface area contributed by atoms with Gasteiger partial charge in [-0.2, -0.15) is 13.2 Å². The molecule has 0 bridgehead atoms. The lowest BCUT2D eigenvalue weighted by Crippen LogP contribution is -2.20. The fourth-order valence-electron chi connectivity index (χ4n) is 0.769. The van der Waals surface area contributed by atoms with E-state index >= 15 is 0 Å². The summed E-state index contributed by atoms with van der Waals surface area (Å²) in [6.45, 7) is 3.67. The molecule has 6 heteroatoms. The minimum absolute atomic E-state index is 0.00884. The third kappa shape index (κ3) is 4.31. The number of allylic oxidation sites excluding steroid dienone is 2. The van der Waals surface area contributed by atoms with Crippen molar-refractivity contribution in [3.63, 3.8) is 0 Å². The maximum absolute atomic E-state index is 12.1. The number of aliphatic imine (C=N–C) groups is 1. The molecule has 0 spiro atoms. The van der Waals surface area contributed by atoms with E-state index in [1.165, 1.54) is 13.8 Å². The molecule has 15 heavy (non-hydrogen) atoms. The highest BCUT2D eigenvalue weighted by molar-refractivity contribution is 6.24. The summed E-state index contributed by atoms with van der Waals surface area (Å²) in [7, 11) is 5.29. The van der Waals surface area contributed by atoms with Crippen LogP contribution in [0.1, 0.15) is 27.2 Å². The maximum Gasteiger partial charge on any atom is 0.429 e. The van der Waals surface area contributed by atoms with Crippen LogP contribution in [0.2, 0.25) is 0 Å². The monoisotopic (exact) mass is 217 g/mol. The van der Waals surface area contributed by atoms with Gasteiger partial charge >= 0.3 is 6.18 Å². The number of ketones is 1. The van der Waals surface area contributed by atoms with Crippen LogP contribution in [0.5, 0.6) is 0 Å². The first-order chi connectivity index (χ1) is 6.70. The Labute approximate surface area is 87.7 Å². The normalized spacial score (nSPS) is 14.9. The van der Waals surface area contributed by atoms with Crippen molar-refractivity contribution < 1.29 is 18.0 Å². The first-order valence-corrected chi connectivity index (χ1v) is 4.32. The molecule has 0 saturated carbocycles. The molecular weight excluding hydrogens is 206 g/mol. The van der Waals surface area contributed by atoms with Crippen LogP contribution in [0.4, 0.5) is 13.2 Å². The third-order valence-electron chi connectivity index (χ3n) is 1.65. The highest BCUT2D eigenvalue weighted by atomic mass is 19.4. The predicted molar refractivity (Wildman–Crippen MR) is 52.9 cm³/mol. The second kappa shape index (κ2) is 5.14. The van der Waals surface area contributed by atoms with Crippen molar-refractivity contribution in [2.24, 2.45) is 4.99 Å². The maximum atomic E-state index is 12.1. The zero-order valence-electron chi connectivity index (χ0n) is 8.77. The summed E-state index contributed by atoms with van der Waals surface area (Å²) in [5, 5.41) is 0. The number of hydrogen-bond acceptors (Lipinski definition) is 2. The smallest absolute Gasteiger partial charge is 0.293 e. The Hall–Kier alpha value is -1.07. The molecule has 2 nitrogen and oxygen atoms in total. The van der Waals surface area contributed by atoms with Gasteiger partial charge in [0.2, 0.25) is 0 Å². The van der Waals surface area contributed by atoms with Gasteiger partial charge < -0.3 is 0 Å². The zero-order chi connectivity index (χ0) is 12.2. The van der Waals surface area contributed by atoms with Crippen molar-refractivity contribution in [3.8, 4) is 0 Å². The molecule has 0 heterocycles. The first-order valence-electron chi connectivity index (χ1n) is 4.32. The molecule has 0 aliphatic carbocycles. The first kappa shape index (κ1) is 13.9. The van der Waals surface area contributed by atoms with Crippen LogP contribution in [-0.4, -0.2) is 25.5 Å². The Morgan fingerprint density at radius 1 is 1.33 bits per heavy atom. The Bertz CT molecular complexity index is 314. The molecule has 0 aliphatic rings. The third-order valence-corrected chi connectivity index (χ3v) is 1.65. The molecule has 82 valence electrons. The van der Waals surface area contributed by atoms with E-state index in [1.54, 1.807) is 0 Å². The molecule has 0 aromatic heterocycles. The standard InChI is InChI=1S/C9H11BF3NO/c1-4-7(15)8(5(2)10)14-6(3)9(11,12)13/h4H2,1-3H3/b8-5+,14-6?. The van der Waals surface area contributed by atoms with Crippen molar-refractivity contribution in [1.82, 2.24) is 0 Å². The molecule has 0 saturated heterocycles. The quantitative estimate of drug-likeness (QED) is 0.405. The lowest BCUT2D eigenvalue weighted by molar-refractivity contribution is -0.115. The fraction of sp³-hybridized carbons (Fsp3) is 0.556. The zero-order valence-corrected chi connectivity index (χ0v) is 8.77. The van der Waals surface area contributed by atoms with Crippen molar-refractivity contribution in [1.29, 1.82) is 0 Å². The van der Waals surface area contributed by atoms with Crippen LogP contribution >= 0.6 is 0 Å². The molecule has 0 fully saturated rings. The van der Waals surface area contributed by atoms with E-state index in [-0.39, 0.29) is 17.6 Å². The minimum atomic E-state index is -4.53. The van der Waals surface area contributed by atoms with E-state index in [1.807, 2.05) is 0 Å². The van der Waals surface area contributed by atoms with Gasteiger partial charge in [0.15, 0.2) is 5.78 Å². The van der Waals surface area contributed by atoms with Gasteiger partial charge in [-0.25, -0.2) is 4.99 Å². The van der Waals surface area contributed by atoms with E-state index < -0.39 is 17.7 Å². The van der Waals surface area contributed by atoms with Crippen molar-refractivity contribution in [2.75, 3.05) is 0 Å². The molecule has 0 unspecified atom stereocenters. The molecule has 0 N–H and O–H groups in total. The number of halogens is 3. The van der Waals surface area contributed by atoms with Crippen molar-refractivity contribution >= 4 is 19.3 Å². The Balaban J connectivity index is 5.20. The van der Waals surface area contributed by atoms with Gasteiger partial charge in [0.05, 0.1) is 5.70 Å². The van der Waals surface area contributed by atoms with Gasteiger partial charge in [-0.15, -0.1) is 0 Å². The Morgan fingerprint density at radius 3 is 2.07 bits per heavy atom. The Morgan fingerprint density at radius 2 is 1.80 bits per heavy atom. The molecule has 0 aromatic carbocycles. The largest absolute Gasteiger partial charge is 0.429 e. The lowest BCUT2D eigenvalue weighted by atomic mass is 9.93. The summed E-state index contributed by atoms with van der Waals surface area (Å²) < 4.78 is 36.4. The lowest BCUT2D eigenvalue weighted by Gasteiger charge is -2.08. The van der Waals surface area contributed by atoms with Gasteiger partial charge in [-0.3, -0.25) is 4.79 Å². The van der Waals surface area contributed by atoms with Crippen LogP contribution in [0.3, 0.4) is 0 Å². The highest BCUT2D eigenvalue weighted by Crippen LogP contribution is 2.19. The molecule has 0 aliphatic heterocycles. The van der Waals surface area contributed by atoms with Gasteiger partial charge in [-0.1, -0.05) is 19.3 Å². The molecular formula is C9H11BF3NO. The number of nitrogens with zero attached hydrogens (tertiary/aromatic N) is 1. The average molecular weight is 217 g/mol. The number of Topliss-reactive ketones (excluding diaryl/α,β-unsaturated/α-hetero) is 1. The molecule has 0 atom stereocenters. The van der Waals surface area contributed by atoms with Gasteiger partial charge in [0, 0.05) is 6.42 Å². The average Bonchev–Trinajstić information content (AvgIpc) is 2.10. The fourth-order valence-corrected chi connectivity index (χ4v) is 0.769. The SMILES string of the molecule is [B]/C(C)=C(/N=C(C)C(F)(F)F)C(=O)CC. The van der Waals surface area contributed by atoms with E-state index in [2.05, 4.69) is 4.99 Å². The summed E-state index contributed by atoms with van der Waals surface area (Å²) in [4.78, 5) is 14.4. The Kier molecular flexibility index (Phi) is 4.77. The van der Waals surface area contributed by atoms with Crippen LogP contribution in [0.25, 0.3) is 0 Å². The van der Waals surface area contributed by atoms with E-state index in [4.69, 9.17) is 7.85 Å². The second-order valence-corrected chi connectivity index (χ2v) is 3.00. The van der Waals surface area contributed by atoms with Crippen LogP contribution in [-0.2, 0) is 4.79 Å². The van der Waals surface area contributed by atoms with Crippen LogP contribution in [0, 0.1) is 0 Å². The summed E-state index contributed by atoms with van der Waals surface area (Å²) in [5.74, 6) is -0.501. The van der Waals surface area contributed by atoms with E-state index in [9.17, 15) is 18.0 Å². The summed E-state index contributed by atoms with van der Waals surface area (Å²) in [5.41, 5.74) is -1.40. The molecule has 0 rings (SSSR count). The summed E-state index contributed by atoms with van der Waals surface area (Å²) in [6, 6.07) is 0. The molecule has 2 radical (unpaired) electrons. The number of hydrogen-bond donors (Lipinski definition) is 0. The molecule has 0 aromatic rings. The van der Waals surface area contributed by atoms with Crippen molar-refractivity contribution in [2.45, 2.75) is 33.4 Å². The predicted octanol–water partition coefficient (Wildman–Crippen LogP) is 2.39. The summed E-state index contributed by atoms with van der Waals surface area (Å²) >= 11 is 0. The van der Waals surface area contributed by atoms with Crippen LogP contribution in [0.15, 0.2) is 16.2 Å². The van der Waals surface area contributed by atoms with E-state index in [0.717, 1.165) is 6.92 Å². The topological polar surface area (TPSA) is 29.4 Å². The number of rotatable bonds is 3. The van der Waals surface area contributed by atoms with E-state index in [0.29, 0.717) is 0 Å².